The summed E-state index contributed by atoms with van der Waals surface area (Å²) in [5.74, 6) is 1.40. The number of hydrogen-bond acceptors (Lipinski definition) is 5. The van der Waals surface area contributed by atoms with Crippen molar-refractivity contribution < 1.29 is 9.15 Å². The number of nitrogens with zero attached hydrogens (tertiary/aromatic N) is 3. The van der Waals surface area contributed by atoms with E-state index in [4.69, 9.17) is 9.15 Å². The van der Waals surface area contributed by atoms with Gasteiger partial charge in [0.15, 0.2) is 12.2 Å². The van der Waals surface area contributed by atoms with Crippen molar-refractivity contribution in [3.05, 3.63) is 65.2 Å². The Hall–Kier alpha value is -3.59. The maximum Gasteiger partial charge on any atom is 0.181 e. The number of rotatable bonds is 3. The highest BCUT2D eigenvalue weighted by Gasteiger charge is 2.26. The van der Waals surface area contributed by atoms with Crippen molar-refractivity contribution in [1.82, 2.24) is 15.2 Å². The van der Waals surface area contributed by atoms with Crippen LogP contribution >= 0.6 is 0 Å². The van der Waals surface area contributed by atoms with E-state index in [1.165, 1.54) is 17.5 Å². The lowest BCUT2D eigenvalue weighted by Gasteiger charge is -2.16. The summed E-state index contributed by atoms with van der Waals surface area (Å²) < 4.78 is 11.7. The monoisotopic (exact) mass is 356 g/mol. The maximum absolute atomic E-state index is 9.23. The second-order valence-corrected chi connectivity index (χ2v) is 6.71. The third kappa shape index (κ3) is 2.48. The molecule has 2 heterocycles. The Morgan fingerprint density at radius 2 is 2.22 bits per heavy atom. The van der Waals surface area contributed by atoms with Crippen LogP contribution in [0.15, 0.2) is 47.3 Å². The van der Waals surface area contributed by atoms with Crippen molar-refractivity contribution in [3.8, 4) is 23.3 Å². The van der Waals surface area contributed by atoms with E-state index in [0.29, 0.717) is 11.5 Å². The average molecular weight is 356 g/mol. The Morgan fingerprint density at radius 3 is 3.04 bits per heavy atom. The van der Waals surface area contributed by atoms with Crippen LogP contribution in [-0.4, -0.2) is 15.2 Å². The summed E-state index contributed by atoms with van der Waals surface area (Å²) in [4.78, 5) is 3.96. The fourth-order valence-corrected chi connectivity index (χ4v) is 3.84. The Balaban J connectivity index is 1.49. The first-order valence-electron chi connectivity index (χ1n) is 8.80. The normalized spacial score (nSPS) is 15.6. The zero-order chi connectivity index (χ0) is 18.4. The summed E-state index contributed by atoms with van der Waals surface area (Å²) in [6, 6.07) is 12.0. The molecule has 0 aliphatic heterocycles. The molecule has 1 N–H and O–H groups in total. The molecule has 0 saturated carbocycles. The topological polar surface area (TPSA) is 87.7 Å². The van der Waals surface area contributed by atoms with Crippen LogP contribution in [-0.2, 0) is 6.42 Å². The van der Waals surface area contributed by atoms with E-state index >= 15 is 0 Å². The lowest BCUT2D eigenvalue weighted by atomic mass is 9.99. The van der Waals surface area contributed by atoms with Gasteiger partial charge >= 0.3 is 0 Å². The molecule has 4 aromatic rings. The number of benzene rings is 2. The van der Waals surface area contributed by atoms with Gasteiger partial charge in [-0.1, -0.05) is 6.07 Å². The minimum Gasteiger partial charge on any atom is -0.486 e. The average Bonchev–Trinajstić information content (AvgIpc) is 3.41. The molecule has 1 aliphatic rings. The molecule has 0 fully saturated rings. The second-order valence-electron chi connectivity index (χ2n) is 6.71. The number of nitriles is 1. The quantitative estimate of drug-likeness (QED) is 0.585. The lowest BCUT2D eigenvalue weighted by Crippen LogP contribution is -2.04. The van der Waals surface area contributed by atoms with Crippen molar-refractivity contribution in [1.29, 1.82) is 5.26 Å². The van der Waals surface area contributed by atoms with Crippen molar-refractivity contribution in [3.63, 3.8) is 0 Å². The molecule has 0 amide bonds. The van der Waals surface area contributed by atoms with E-state index in [9.17, 15) is 5.26 Å². The molecule has 6 heteroatoms. The Bertz CT molecular complexity index is 1190. The summed E-state index contributed by atoms with van der Waals surface area (Å²) in [6.45, 7) is 2.01. The SMILES string of the molecule is Cc1c(C#N)ccc2c1CCC2Oc1ccc2[nH]nc(-c3cnco3)c2c1. The number of aromatic nitrogens is 3. The van der Waals surface area contributed by atoms with Gasteiger partial charge in [-0.05, 0) is 60.7 Å². The van der Waals surface area contributed by atoms with Gasteiger partial charge in [-0.3, -0.25) is 5.10 Å². The molecule has 27 heavy (non-hydrogen) atoms. The standard InChI is InChI=1S/C21H16N4O2/c1-12-13(9-22)2-4-16-15(12)5-7-19(16)27-14-3-6-18-17(8-14)21(25-24-18)20-10-23-11-26-20/h2-4,6,8,10-11,19H,5,7H2,1H3,(H,24,25). The van der Waals surface area contributed by atoms with Gasteiger partial charge in [-0.2, -0.15) is 10.4 Å². The van der Waals surface area contributed by atoms with Crippen molar-refractivity contribution in [2.75, 3.05) is 0 Å². The molecule has 0 spiro atoms. The zero-order valence-corrected chi connectivity index (χ0v) is 14.7. The number of fused-ring (bicyclic) bond motifs is 2. The molecule has 132 valence electrons. The molecule has 1 atom stereocenters. The Morgan fingerprint density at radius 1 is 1.30 bits per heavy atom. The van der Waals surface area contributed by atoms with E-state index < -0.39 is 0 Å². The molecule has 1 aliphatic carbocycles. The van der Waals surface area contributed by atoms with Gasteiger partial charge in [0.2, 0.25) is 0 Å². The molecule has 0 saturated heterocycles. The molecular weight excluding hydrogens is 340 g/mol. The van der Waals surface area contributed by atoms with Crippen LogP contribution < -0.4 is 4.74 Å². The third-order valence-electron chi connectivity index (χ3n) is 5.24. The number of aromatic amines is 1. The number of hydrogen-bond donors (Lipinski definition) is 1. The Labute approximate surface area is 155 Å². The smallest absolute Gasteiger partial charge is 0.181 e. The van der Waals surface area contributed by atoms with Gasteiger partial charge in [-0.15, -0.1) is 0 Å². The molecule has 5 rings (SSSR count). The number of nitrogens with one attached hydrogen (secondary N) is 1. The second kappa shape index (κ2) is 5.99. The van der Waals surface area contributed by atoms with E-state index in [2.05, 4.69) is 21.3 Å². The first kappa shape index (κ1) is 15.6. The van der Waals surface area contributed by atoms with Gasteiger partial charge in [-0.25, -0.2) is 4.98 Å². The van der Waals surface area contributed by atoms with Crippen LogP contribution in [0, 0.1) is 18.3 Å². The summed E-state index contributed by atoms with van der Waals surface area (Å²) in [5.41, 5.74) is 5.86. The van der Waals surface area contributed by atoms with Gasteiger partial charge in [0.25, 0.3) is 0 Å². The van der Waals surface area contributed by atoms with Gasteiger partial charge in [0.1, 0.15) is 17.5 Å². The largest absolute Gasteiger partial charge is 0.486 e. The van der Waals surface area contributed by atoms with Crippen molar-refractivity contribution in [2.24, 2.45) is 0 Å². The van der Waals surface area contributed by atoms with Crippen LogP contribution in [0.1, 0.15) is 34.8 Å². The number of ether oxygens (including phenoxy) is 1. The maximum atomic E-state index is 9.23. The Kier molecular flexibility index (Phi) is 3.47. The van der Waals surface area contributed by atoms with Crippen LogP contribution in [0.25, 0.3) is 22.4 Å². The predicted octanol–water partition coefficient (Wildman–Crippen LogP) is 4.46. The van der Waals surface area contributed by atoms with Gasteiger partial charge in [0, 0.05) is 5.39 Å². The van der Waals surface area contributed by atoms with Crippen molar-refractivity contribution >= 4 is 10.9 Å². The van der Waals surface area contributed by atoms with Gasteiger partial charge in [0.05, 0.1) is 23.3 Å². The summed E-state index contributed by atoms with van der Waals surface area (Å²) in [6.07, 6.45) is 4.86. The molecule has 6 nitrogen and oxygen atoms in total. The van der Waals surface area contributed by atoms with E-state index in [1.807, 2.05) is 37.3 Å². The molecular formula is C21H16N4O2. The summed E-state index contributed by atoms with van der Waals surface area (Å²) >= 11 is 0. The molecule has 2 aromatic heterocycles. The number of H-pyrrole nitrogens is 1. The van der Waals surface area contributed by atoms with E-state index in [-0.39, 0.29) is 6.10 Å². The molecule has 1 unspecified atom stereocenters. The van der Waals surface area contributed by atoms with Gasteiger partial charge < -0.3 is 9.15 Å². The highest BCUT2D eigenvalue weighted by atomic mass is 16.5. The highest BCUT2D eigenvalue weighted by molar-refractivity contribution is 5.92. The highest BCUT2D eigenvalue weighted by Crippen LogP contribution is 2.38. The zero-order valence-electron chi connectivity index (χ0n) is 14.7. The number of oxazole rings is 1. The van der Waals surface area contributed by atoms with Crippen LogP contribution in [0.3, 0.4) is 0 Å². The van der Waals surface area contributed by atoms with E-state index in [1.54, 1.807) is 6.20 Å². The summed E-state index contributed by atoms with van der Waals surface area (Å²) in [7, 11) is 0. The molecule has 2 aromatic carbocycles. The first-order valence-corrected chi connectivity index (χ1v) is 8.80. The van der Waals surface area contributed by atoms with Crippen LogP contribution in [0.2, 0.25) is 0 Å². The molecule has 0 bridgehead atoms. The minimum atomic E-state index is -0.00970. The van der Waals surface area contributed by atoms with Crippen LogP contribution in [0.4, 0.5) is 0 Å². The third-order valence-corrected chi connectivity index (χ3v) is 5.24. The van der Waals surface area contributed by atoms with Crippen molar-refractivity contribution in [2.45, 2.75) is 25.9 Å². The fourth-order valence-electron chi connectivity index (χ4n) is 3.84. The minimum absolute atomic E-state index is 0.00970. The predicted molar refractivity (Wildman–Crippen MR) is 99.2 cm³/mol. The van der Waals surface area contributed by atoms with Crippen LogP contribution in [0.5, 0.6) is 5.75 Å². The van der Waals surface area contributed by atoms with E-state index in [0.717, 1.165) is 40.6 Å². The lowest BCUT2D eigenvalue weighted by molar-refractivity contribution is 0.208. The fraction of sp³-hybridized carbons (Fsp3) is 0.190. The molecule has 0 radical (unpaired) electrons. The summed E-state index contributed by atoms with van der Waals surface area (Å²) in [5, 5.41) is 17.5. The first-order chi connectivity index (χ1) is 13.2.